The van der Waals surface area contributed by atoms with Crippen molar-refractivity contribution in [3.05, 3.63) is 12.4 Å². The van der Waals surface area contributed by atoms with Crippen molar-refractivity contribution in [3.8, 4) is 0 Å². The number of hydrogen-bond donors (Lipinski definition) is 0. The van der Waals surface area contributed by atoms with Crippen LogP contribution in [0.4, 0.5) is 17.7 Å². The maximum atomic E-state index is 11.3. The Bertz CT molecular complexity index is 91.3. The highest BCUT2D eigenvalue weighted by Crippen LogP contribution is 2.11. The number of nitrogens with zero attached hydrogens (tertiary/aromatic N) is 1. The van der Waals surface area contributed by atoms with Crippen LogP contribution >= 0.6 is 0 Å². The molecule has 0 heterocycles. The molecule has 0 amide bonds. The number of rotatable bonds is 2. The number of hydrogen-bond acceptors (Lipinski definition) is 1. The molecule has 0 radical (unpaired) electrons. The molecule has 0 aliphatic carbocycles. The van der Waals surface area contributed by atoms with Gasteiger partial charge in [-0.1, -0.05) is 15.5 Å². The van der Waals surface area contributed by atoms with Crippen LogP contribution < -0.4 is 0 Å². The van der Waals surface area contributed by atoms with Gasteiger partial charge in [0.1, 0.15) is 5.83 Å². The van der Waals surface area contributed by atoms with Gasteiger partial charge in [-0.2, -0.15) is 0 Å². The molecule has 0 fully saturated rings. The Morgan fingerprint density at radius 1 is 1.50 bits per heavy atom. The standard InChI is InChI=1S/C3H3F4N/c1-2(4)3(5)8(6)7/h3H,1H2. The largest absolute Gasteiger partial charge is 0.262 e. The van der Waals surface area contributed by atoms with Crippen molar-refractivity contribution >= 4 is 0 Å². The van der Waals surface area contributed by atoms with E-state index in [0.29, 0.717) is 0 Å². The first-order valence-electron chi connectivity index (χ1n) is 1.65. The maximum absolute atomic E-state index is 11.3. The lowest BCUT2D eigenvalue weighted by Gasteiger charge is -2.01. The lowest BCUT2D eigenvalue weighted by molar-refractivity contribution is -0.215. The third kappa shape index (κ3) is 1.92. The zero-order valence-electron chi connectivity index (χ0n) is 3.74. The summed E-state index contributed by atoms with van der Waals surface area (Å²) in [6, 6.07) is 0. The van der Waals surface area contributed by atoms with Crippen LogP contribution in [-0.2, 0) is 0 Å². The van der Waals surface area contributed by atoms with Gasteiger partial charge in [-0.05, 0) is 0 Å². The monoisotopic (exact) mass is 129 g/mol. The normalized spacial score (nSPS) is 14.1. The molecular weight excluding hydrogens is 126 g/mol. The summed E-state index contributed by atoms with van der Waals surface area (Å²) in [7, 11) is 0. The van der Waals surface area contributed by atoms with Gasteiger partial charge in [0, 0.05) is 0 Å². The van der Waals surface area contributed by atoms with Gasteiger partial charge in [0.25, 0.3) is 6.30 Å². The van der Waals surface area contributed by atoms with Gasteiger partial charge in [-0.3, -0.25) is 0 Å². The summed E-state index contributed by atoms with van der Waals surface area (Å²) in [5.41, 5.74) is 0. The molecule has 0 saturated heterocycles. The Hall–Kier alpha value is -0.580. The fourth-order valence-electron chi connectivity index (χ4n) is 0.106. The van der Waals surface area contributed by atoms with Crippen molar-refractivity contribution in [1.82, 2.24) is 5.34 Å². The van der Waals surface area contributed by atoms with E-state index in [1.54, 1.807) is 0 Å². The van der Waals surface area contributed by atoms with E-state index in [2.05, 4.69) is 6.58 Å². The second-order valence-electron chi connectivity index (χ2n) is 1.04. The van der Waals surface area contributed by atoms with E-state index >= 15 is 0 Å². The first-order valence-corrected chi connectivity index (χ1v) is 1.65. The third-order valence-electron chi connectivity index (χ3n) is 0.430. The lowest BCUT2D eigenvalue weighted by atomic mass is 10.6. The molecule has 0 bridgehead atoms. The molecule has 0 aromatic carbocycles. The fourth-order valence-corrected chi connectivity index (χ4v) is 0.106. The molecule has 1 atom stereocenters. The van der Waals surface area contributed by atoms with E-state index in [0.717, 1.165) is 0 Å². The quantitative estimate of drug-likeness (QED) is 0.312. The van der Waals surface area contributed by atoms with Crippen molar-refractivity contribution < 1.29 is 17.7 Å². The van der Waals surface area contributed by atoms with Gasteiger partial charge in [0.15, 0.2) is 0 Å². The predicted octanol–water partition coefficient (Wildman–Crippen LogP) is 1.84. The molecular formula is C3H3F4N. The summed E-state index contributed by atoms with van der Waals surface area (Å²) in [5.74, 6) is -1.70. The van der Waals surface area contributed by atoms with E-state index in [9.17, 15) is 17.7 Å². The minimum absolute atomic E-state index is 1.70. The lowest BCUT2D eigenvalue weighted by Crippen LogP contribution is -2.14. The van der Waals surface area contributed by atoms with Crippen molar-refractivity contribution in [1.29, 1.82) is 0 Å². The second kappa shape index (κ2) is 2.66. The summed E-state index contributed by atoms with van der Waals surface area (Å²) in [6.45, 7) is 2.31. The van der Waals surface area contributed by atoms with Crippen LogP contribution in [0.25, 0.3) is 0 Å². The highest BCUT2D eigenvalue weighted by molar-refractivity contribution is 4.85. The topological polar surface area (TPSA) is 3.24 Å². The van der Waals surface area contributed by atoms with Crippen molar-refractivity contribution in [2.24, 2.45) is 0 Å². The molecule has 0 aromatic rings. The molecule has 5 heteroatoms. The Morgan fingerprint density at radius 3 is 1.88 bits per heavy atom. The molecule has 1 unspecified atom stereocenters. The van der Waals surface area contributed by atoms with Crippen molar-refractivity contribution in [3.63, 3.8) is 0 Å². The van der Waals surface area contributed by atoms with Crippen LogP contribution in [-0.4, -0.2) is 11.6 Å². The minimum atomic E-state index is -2.99. The van der Waals surface area contributed by atoms with E-state index < -0.39 is 17.5 Å². The molecule has 0 aromatic heterocycles. The van der Waals surface area contributed by atoms with E-state index in [1.807, 2.05) is 0 Å². The zero-order chi connectivity index (χ0) is 6.73. The van der Waals surface area contributed by atoms with Gasteiger partial charge in [-0.15, -0.1) is 0 Å². The summed E-state index contributed by atoms with van der Waals surface area (Å²) in [5, 5.41) is -1.90. The van der Waals surface area contributed by atoms with Crippen LogP contribution in [0.3, 0.4) is 0 Å². The van der Waals surface area contributed by atoms with Gasteiger partial charge >= 0.3 is 0 Å². The first-order chi connectivity index (χ1) is 3.55. The summed E-state index contributed by atoms with van der Waals surface area (Å²) < 4.78 is 44.3. The van der Waals surface area contributed by atoms with Gasteiger partial charge in [0.2, 0.25) is 0 Å². The van der Waals surface area contributed by atoms with Crippen LogP contribution in [0.2, 0.25) is 0 Å². The summed E-state index contributed by atoms with van der Waals surface area (Å²) in [4.78, 5) is 0. The Balaban J connectivity index is 3.64. The van der Waals surface area contributed by atoms with Crippen molar-refractivity contribution in [2.45, 2.75) is 6.30 Å². The summed E-state index contributed by atoms with van der Waals surface area (Å²) >= 11 is 0. The first kappa shape index (κ1) is 7.42. The SMILES string of the molecule is C=C(F)C(F)N(F)F. The van der Waals surface area contributed by atoms with Gasteiger partial charge in [-0.25, -0.2) is 8.78 Å². The Labute approximate surface area is 43.1 Å². The van der Waals surface area contributed by atoms with Gasteiger partial charge < -0.3 is 0 Å². The molecule has 0 rings (SSSR count). The fraction of sp³-hybridized carbons (Fsp3) is 0.333. The van der Waals surface area contributed by atoms with E-state index in [-0.39, 0.29) is 0 Å². The van der Waals surface area contributed by atoms with Gasteiger partial charge in [0.05, 0.1) is 5.34 Å². The maximum Gasteiger partial charge on any atom is 0.262 e. The molecule has 8 heavy (non-hydrogen) atoms. The van der Waals surface area contributed by atoms with Crippen molar-refractivity contribution in [2.75, 3.05) is 0 Å². The average Bonchev–Trinajstić information content (AvgIpc) is 1.64. The smallest absolute Gasteiger partial charge is 0.216 e. The molecule has 48 valence electrons. The van der Waals surface area contributed by atoms with Crippen LogP contribution in [0.1, 0.15) is 0 Å². The zero-order valence-corrected chi connectivity index (χ0v) is 3.74. The molecule has 0 aliphatic heterocycles. The van der Waals surface area contributed by atoms with E-state index in [1.165, 1.54) is 0 Å². The molecule has 0 spiro atoms. The predicted molar refractivity (Wildman–Crippen MR) is 19.2 cm³/mol. The highest BCUT2D eigenvalue weighted by atomic mass is 19.4. The molecule has 0 saturated carbocycles. The van der Waals surface area contributed by atoms with E-state index in [4.69, 9.17) is 0 Å². The van der Waals surface area contributed by atoms with Crippen LogP contribution in [0.15, 0.2) is 12.4 Å². The van der Waals surface area contributed by atoms with Crippen LogP contribution in [0, 0.1) is 0 Å². The Morgan fingerprint density at radius 2 is 1.88 bits per heavy atom. The third-order valence-corrected chi connectivity index (χ3v) is 0.430. The Kier molecular flexibility index (Phi) is 2.47. The number of halogens is 4. The molecule has 0 aliphatic rings. The molecule has 1 nitrogen and oxygen atoms in total. The molecule has 0 N–H and O–H groups in total. The number of alkyl halides is 1. The highest BCUT2D eigenvalue weighted by Gasteiger charge is 2.19. The second-order valence-corrected chi connectivity index (χ2v) is 1.04. The minimum Gasteiger partial charge on any atom is -0.216 e. The average molecular weight is 129 g/mol. The van der Waals surface area contributed by atoms with Crippen LogP contribution in [0.5, 0.6) is 0 Å². The summed E-state index contributed by atoms with van der Waals surface area (Å²) in [6.07, 6.45) is -2.99.